The molecule has 3 aliphatic carbocycles. The molecule has 3 rings (SSSR count). The SMILES string of the molecule is CC(NC(=O)CC1CCCC(N)C1)C1CC2CCC1C2. The smallest absolute Gasteiger partial charge is 0.220 e. The average molecular weight is 278 g/mol. The Kier molecular flexibility index (Phi) is 4.34. The number of nitrogens with two attached hydrogens (primary N) is 1. The molecule has 3 nitrogen and oxygen atoms in total. The molecule has 3 heteroatoms. The molecule has 114 valence electrons. The first-order valence-electron chi connectivity index (χ1n) is 8.66. The predicted molar refractivity (Wildman–Crippen MR) is 81.1 cm³/mol. The van der Waals surface area contributed by atoms with Crippen LogP contribution in [-0.2, 0) is 4.79 Å². The molecule has 6 atom stereocenters. The van der Waals surface area contributed by atoms with Crippen LogP contribution in [-0.4, -0.2) is 18.0 Å². The van der Waals surface area contributed by atoms with Crippen LogP contribution in [0.25, 0.3) is 0 Å². The van der Waals surface area contributed by atoms with Gasteiger partial charge in [-0.15, -0.1) is 0 Å². The van der Waals surface area contributed by atoms with Gasteiger partial charge in [0, 0.05) is 18.5 Å². The van der Waals surface area contributed by atoms with E-state index < -0.39 is 0 Å². The van der Waals surface area contributed by atoms with Gasteiger partial charge in [-0.2, -0.15) is 0 Å². The van der Waals surface area contributed by atoms with Gasteiger partial charge in [0.15, 0.2) is 0 Å². The van der Waals surface area contributed by atoms with Crippen molar-refractivity contribution in [3.05, 3.63) is 0 Å². The lowest BCUT2D eigenvalue weighted by atomic mass is 9.82. The van der Waals surface area contributed by atoms with Crippen LogP contribution in [0.4, 0.5) is 0 Å². The lowest BCUT2D eigenvalue weighted by molar-refractivity contribution is -0.123. The van der Waals surface area contributed by atoms with Crippen molar-refractivity contribution in [1.82, 2.24) is 5.32 Å². The molecule has 6 unspecified atom stereocenters. The number of hydrogen-bond acceptors (Lipinski definition) is 2. The van der Waals surface area contributed by atoms with Crippen LogP contribution in [0.2, 0.25) is 0 Å². The highest BCUT2D eigenvalue weighted by atomic mass is 16.1. The number of carbonyl (C=O) groups is 1. The second-order valence-electron chi connectivity index (χ2n) is 7.69. The molecular weight excluding hydrogens is 248 g/mol. The monoisotopic (exact) mass is 278 g/mol. The lowest BCUT2D eigenvalue weighted by Gasteiger charge is -2.30. The van der Waals surface area contributed by atoms with E-state index in [1.54, 1.807) is 0 Å². The molecule has 3 fully saturated rings. The van der Waals surface area contributed by atoms with E-state index in [2.05, 4.69) is 12.2 Å². The van der Waals surface area contributed by atoms with Gasteiger partial charge >= 0.3 is 0 Å². The number of fused-ring (bicyclic) bond motifs is 2. The summed E-state index contributed by atoms with van der Waals surface area (Å²) < 4.78 is 0. The third kappa shape index (κ3) is 3.19. The first-order chi connectivity index (χ1) is 9.61. The van der Waals surface area contributed by atoms with E-state index in [1.807, 2.05) is 0 Å². The normalized spacial score (nSPS) is 41.6. The van der Waals surface area contributed by atoms with Gasteiger partial charge in [-0.05, 0) is 69.1 Å². The fraction of sp³-hybridized carbons (Fsp3) is 0.941. The highest BCUT2D eigenvalue weighted by Gasteiger charge is 2.42. The lowest BCUT2D eigenvalue weighted by Crippen LogP contribution is -2.41. The number of carbonyl (C=O) groups excluding carboxylic acids is 1. The Balaban J connectivity index is 1.44. The van der Waals surface area contributed by atoms with Crippen molar-refractivity contribution in [3.63, 3.8) is 0 Å². The van der Waals surface area contributed by atoms with Crippen molar-refractivity contribution in [1.29, 1.82) is 0 Å². The van der Waals surface area contributed by atoms with E-state index in [9.17, 15) is 4.79 Å². The largest absolute Gasteiger partial charge is 0.353 e. The van der Waals surface area contributed by atoms with Crippen molar-refractivity contribution in [3.8, 4) is 0 Å². The van der Waals surface area contributed by atoms with Crippen LogP contribution < -0.4 is 11.1 Å². The summed E-state index contributed by atoms with van der Waals surface area (Å²) in [5.41, 5.74) is 6.01. The molecule has 0 saturated heterocycles. The average Bonchev–Trinajstić information content (AvgIpc) is 3.00. The zero-order chi connectivity index (χ0) is 14.1. The van der Waals surface area contributed by atoms with E-state index in [-0.39, 0.29) is 5.91 Å². The molecule has 1 amide bonds. The fourth-order valence-corrected chi connectivity index (χ4v) is 5.11. The first-order valence-corrected chi connectivity index (χ1v) is 8.66. The summed E-state index contributed by atoms with van der Waals surface area (Å²) in [6.07, 6.45) is 10.8. The van der Waals surface area contributed by atoms with Gasteiger partial charge in [0.2, 0.25) is 5.91 Å². The minimum Gasteiger partial charge on any atom is -0.353 e. The molecule has 0 aromatic carbocycles. The summed E-state index contributed by atoms with van der Waals surface area (Å²) in [5, 5.41) is 3.29. The van der Waals surface area contributed by atoms with Crippen LogP contribution in [0.3, 0.4) is 0 Å². The molecule has 0 heterocycles. The minimum atomic E-state index is 0.263. The van der Waals surface area contributed by atoms with Crippen LogP contribution in [0.15, 0.2) is 0 Å². The van der Waals surface area contributed by atoms with Gasteiger partial charge in [0.25, 0.3) is 0 Å². The molecule has 20 heavy (non-hydrogen) atoms. The Labute approximate surface area is 123 Å². The quantitative estimate of drug-likeness (QED) is 0.831. The molecule has 0 aromatic rings. The van der Waals surface area contributed by atoms with Crippen molar-refractivity contribution < 1.29 is 4.79 Å². The second-order valence-corrected chi connectivity index (χ2v) is 7.69. The molecule has 3 aliphatic rings. The summed E-state index contributed by atoms with van der Waals surface area (Å²) in [6, 6.07) is 0.694. The number of amides is 1. The molecule has 0 radical (unpaired) electrons. The number of hydrogen-bond donors (Lipinski definition) is 2. The molecule has 2 bridgehead atoms. The second kappa shape index (κ2) is 6.05. The number of nitrogens with one attached hydrogen (secondary N) is 1. The maximum Gasteiger partial charge on any atom is 0.220 e. The van der Waals surface area contributed by atoms with Gasteiger partial charge < -0.3 is 11.1 Å². The fourth-order valence-electron chi connectivity index (χ4n) is 5.11. The summed E-state index contributed by atoms with van der Waals surface area (Å²) in [5.74, 6) is 3.37. The van der Waals surface area contributed by atoms with E-state index in [1.165, 1.54) is 38.5 Å². The maximum atomic E-state index is 12.2. The summed E-state index contributed by atoms with van der Waals surface area (Å²) in [4.78, 5) is 12.2. The standard InChI is InChI=1S/C17H30N2O/c1-11(16-9-13-5-6-14(16)7-13)19-17(20)10-12-3-2-4-15(18)8-12/h11-16H,2-10,18H2,1H3,(H,19,20). The molecule has 0 aliphatic heterocycles. The Hall–Kier alpha value is -0.570. The molecule has 0 spiro atoms. The Morgan fingerprint density at radius 1 is 1.20 bits per heavy atom. The van der Waals surface area contributed by atoms with Crippen LogP contribution >= 0.6 is 0 Å². The Morgan fingerprint density at radius 2 is 2.05 bits per heavy atom. The highest BCUT2D eigenvalue weighted by Crippen LogP contribution is 2.49. The molecule has 3 saturated carbocycles. The summed E-state index contributed by atoms with van der Waals surface area (Å²) in [7, 11) is 0. The molecule has 0 aromatic heterocycles. The third-order valence-corrected chi connectivity index (χ3v) is 6.12. The number of rotatable bonds is 4. The van der Waals surface area contributed by atoms with Crippen molar-refractivity contribution in [2.24, 2.45) is 29.4 Å². The topological polar surface area (TPSA) is 55.1 Å². The Bertz CT molecular complexity index is 357. The van der Waals surface area contributed by atoms with Crippen LogP contribution in [0, 0.1) is 23.7 Å². The highest BCUT2D eigenvalue weighted by molar-refractivity contribution is 5.76. The molecule has 3 N–H and O–H groups in total. The predicted octanol–water partition coefficient (Wildman–Crippen LogP) is 2.83. The third-order valence-electron chi connectivity index (χ3n) is 6.12. The minimum absolute atomic E-state index is 0.263. The van der Waals surface area contributed by atoms with Crippen LogP contribution in [0.5, 0.6) is 0 Å². The van der Waals surface area contributed by atoms with E-state index in [4.69, 9.17) is 5.73 Å². The van der Waals surface area contributed by atoms with E-state index in [0.29, 0.717) is 24.4 Å². The first kappa shape index (κ1) is 14.4. The Morgan fingerprint density at radius 3 is 2.70 bits per heavy atom. The van der Waals surface area contributed by atoms with Gasteiger partial charge in [0.05, 0.1) is 0 Å². The van der Waals surface area contributed by atoms with Crippen molar-refractivity contribution >= 4 is 5.91 Å². The summed E-state index contributed by atoms with van der Waals surface area (Å²) >= 11 is 0. The summed E-state index contributed by atoms with van der Waals surface area (Å²) in [6.45, 7) is 2.22. The van der Waals surface area contributed by atoms with E-state index in [0.717, 1.165) is 30.6 Å². The van der Waals surface area contributed by atoms with Gasteiger partial charge in [-0.1, -0.05) is 12.8 Å². The maximum absolute atomic E-state index is 12.2. The molecular formula is C17H30N2O. The van der Waals surface area contributed by atoms with E-state index >= 15 is 0 Å². The zero-order valence-corrected chi connectivity index (χ0v) is 12.8. The van der Waals surface area contributed by atoms with Gasteiger partial charge in [0.1, 0.15) is 0 Å². The van der Waals surface area contributed by atoms with Gasteiger partial charge in [-0.25, -0.2) is 0 Å². The van der Waals surface area contributed by atoms with Crippen molar-refractivity contribution in [2.75, 3.05) is 0 Å². The van der Waals surface area contributed by atoms with Gasteiger partial charge in [-0.3, -0.25) is 4.79 Å². The van der Waals surface area contributed by atoms with Crippen molar-refractivity contribution in [2.45, 2.75) is 76.8 Å². The zero-order valence-electron chi connectivity index (χ0n) is 12.8. The van der Waals surface area contributed by atoms with Crippen LogP contribution in [0.1, 0.15) is 64.7 Å².